The molecule has 4 heteroatoms. The molecule has 2 heterocycles. The second-order valence-electron chi connectivity index (χ2n) is 6.49. The molecule has 2 aliphatic rings. The Morgan fingerprint density at radius 1 is 1.38 bits per heavy atom. The lowest BCUT2D eigenvalue weighted by Gasteiger charge is -2.40. The maximum Gasteiger partial charge on any atom is 0.122 e. The summed E-state index contributed by atoms with van der Waals surface area (Å²) in [5.74, 6) is 1.81. The van der Waals surface area contributed by atoms with Crippen LogP contribution >= 0.6 is 0 Å². The third-order valence-electron chi connectivity index (χ3n) is 4.78. The Bertz CT molecular complexity index is 487. The molecule has 0 spiro atoms. The number of pyridine rings is 1. The van der Waals surface area contributed by atoms with Gasteiger partial charge in [0, 0.05) is 49.5 Å². The van der Waals surface area contributed by atoms with E-state index in [4.69, 9.17) is 9.72 Å². The van der Waals surface area contributed by atoms with Crippen LogP contribution in [0.2, 0.25) is 0 Å². The number of methoxy groups -OCH3 is 1. The van der Waals surface area contributed by atoms with Crippen LogP contribution in [0, 0.1) is 12.8 Å². The Morgan fingerprint density at radius 3 is 2.86 bits per heavy atom. The highest BCUT2D eigenvalue weighted by Crippen LogP contribution is 2.37. The minimum atomic E-state index is 0.617. The summed E-state index contributed by atoms with van der Waals surface area (Å²) in [4.78, 5) is 7.34. The largest absolute Gasteiger partial charge is 0.497 e. The number of ether oxygens (including phenoxy) is 1. The van der Waals surface area contributed by atoms with Crippen LogP contribution in [0.1, 0.15) is 37.6 Å². The number of aromatic nitrogens is 1. The Labute approximate surface area is 127 Å². The topological polar surface area (TPSA) is 37.4 Å². The van der Waals surface area contributed by atoms with Crippen molar-refractivity contribution in [3.8, 4) is 5.75 Å². The van der Waals surface area contributed by atoms with E-state index in [1.807, 2.05) is 13.0 Å². The van der Waals surface area contributed by atoms with Gasteiger partial charge in [0.25, 0.3) is 0 Å². The lowest BCUT2D eigenvalue weighted by Crippen LogP contribution is -2.56. The van der Waals surface area contributed by atoms with E-state index in [1.54, 1.807) is 7.11 Å². The maximum absolute atomic E-state index is 5.38. The van der Waals surface area contributed by atoms with E-state index in [-0.39, 0.29) is 0 Å². The molecule has 0 bridgehead atoms. The Balaban J connectivity index is 1.74. The van der Waals surface area contributed by atoms with Crippen molar-refractivity contribution in [1.82, 2.24) is 15.2 Å². The molecular weight excluding hydrogens is 262 g/mol. The molecule has 1 aromatic heterocycles. The van der Waals surface area contributed by atoms with Crippen LogP contribution in [0.3, 0.4) is 0 Å². The van der Waals surface area contributed by atoms with Gasteiger partial charge in [-0.1, -0.05) is 6.92 Å². The van der Waals surface area contributed by atoms with E-state index in [0.717, 1.165) is 42.7 Å². The standard InChI is InChI=1S/C17H27N3O/c1-4-14-10-20(17(9-18-14)13-5-6-13)11-15-8-16(21-3)7-12(2)19-15/h7-8,13-14,17-18H,4-6,9-11H2,1-3H3. The van der Waals surface area contributed by atoms with Crippen LogP contribution in [-0.4, -0.2) is 42.2 Å². The summed E-state index contributed by atoms with van der Waals surface area (Å²) in [5, 5.41) is 3.70. The summed E-state index contributed by atoms with van der Waals surface area (Å²) in [6, 6.07) is 5.38. The van der Waals surface area contributed by atoms with Gasteiger partial charge in [-0.05, 0) is 32.1 Å². The van der Waals surface area contributed by atoms with Gasteiger partial charge in [0.2, 0.25) is 0 Å². The number of hydrogen-bond acceptors (Lipinski definition) is 4. The summed E-state index contributed by atoms with van der Waals surface area (Å²) in [6.45, 7) is 7.51. The van der Waals surface area contributed by atoms with Gasteiger partial charge in [0.05, 0.1) is 12.8 Å². The lowest BCUT2D eigenvalue weighted by molar-refractivity contribution is 0.104. The van der Waals surface area contributed by atoms with E-state index in [2.05, 4.69) is 23.2 Å². The fourth-order valence-electron chi connectivity index (χ4n) is 3.41. The zero-order valence-electron chi connectivity index (χ0n) is 13.4. The molecule has 1 saturated heterocycles. The molecule has 1 aliphatic heterocycles. The van der Waals surface area contributed by atoms with Crippen molar-refractivity contribution in [3.05, 3.63) is 23.5 Å². The summed E-state index contributed by atoms with van der Waals surface area (Å²) < 4.78 is 5.38. The fourth-order valence-corrected chi connectivity index (χ4v) is 3.41. The fraction of sp³-hybridized carbons (Fsp3) is 0.706. The summed E-state index contributed by atoms with van der Waals surface area (Å²) in [6.07, 6.45) is 3.98. The molecule has 0 radical (unpaired) electrons. The predicted octanol–water partition coefficient (Wildman–Crippen LogP) is 2.36. The van der Waals surface area contributed by atoms with Crippen molar-refractivity contribution in [2.75, 3.05) is 20.2 Å². The Morgan fingerprint density at radius 2 is 2.19 bits per heavy atom. The smallest absolute Gasteiger partial charge is 0.122 e. The van der Waals surface area contributed by atoms with Crippen LogP contribution in [0.4, 0.5) is 0 Å². The van der Waals surface area contributed by atoms with Gasteiger partial charge in [-0.3, -0.25) is 9.88 Å². The monoisotopic (exact) mass is 289 g/mol. The number of rotatable bonds is 5. The average molecular weight is 289 g/mol. The summed E-state index contributed by atoms with van der Waals surface area (Å²) >= 11 is 0. The molecular formula is C17H27N3O. The molecule has 4 nitrogen and oxygen atoms in total. The van der Waals surface area contributed by atoms with Crippen molar-refractivity contribution in [2.45, 2.75) is 51.7 Å². The first-order chi connectivity index (χ1) is 10.2. The first kappa shape index (κ1) is 14.8. The van der Waals surface area contributed by atoms with Crippen LogP contribution in [0.25, 0.3) is 0 Å². The van der Waals surface area contributed by atoms with E-state index in [9.17, 15) is 0 Å². The van der Waals surface area contributed by atoms with Crippen molar-refractivity contribution >= 4 is 0 Å². The van der Waals surface area contributed by atoms with Gasteiger partial charge >= 0.3 is 0 Å². The van der Waals surface area contributed by atoms with E-state index in [0.29, 0.717) is 12.1 Å². The minimum absolute atomic E-state index is 0.617. The van der Waals surface area contributed by atoms with Crippen molar-refractivity contribution in [2.24, 2.45) is 5.92 Å². The van der Waals surface area contributed by atoms with Crippen LogP contribution in [0.15, 0.2) is 12.1 Å². The molecule has 2 atom stereocenters. The molecule has 3 rings (SSSR count). The van der Waals surface area contributed by atoms with Crippen molar-refractivity contribution < 1.29 is 4.74 Å². The van der Waals surface area contributed by atoms with Crippen molar-refractivity contribution in [1.29, 1.82) is 0 Å². The van der Waals surface area contributed by atoms with Gasteiger partial charge in [-0.15, -0.1) is 0 Å². The molecule has 2 unspecified atom stereocenters. The van der Waals surface area contributed by atoms with Crippen LogP contribution in [-0.2, 0) is 6.54 Å². The third-order valence-corrected chi connectivity index (χ3v) is 4.78. The summed E-state index contributed by atoms with van der Waals surface area (Å²) in [5.41, 5.74) is 2.17. The zero-order chi connectivity index (χ0) is 14.8. The number of piperazine rings is 1. The highest BCUT2D eigenvalue weighted by molar-refractivity contribution is 5.26. The van der Waals surface area contributed by atoms with Crippen LogP contribution < -0.4 is 10.1 Å². The first-order valence-corrected chi connectivity index (χ1v) is 8.18. The Kier molecular flexibility index (Phi) is 4.45. The summed E-state index contributed by atoms with van der Waals surface area (Å²) in [7, 11) is 1.73. The second kappa shape index (κ2) is 6.32. The number of aryl methyl sites for hydroxylation is 1. The van der Waals surface area contributed by atoms with Crippen molar-refractivity contribution in [3.63, 3.8) is 0 Å². The zero-order valence-corrected chi connectivity index (χ0v) is 13.4. The van der Waals surface area contributed by atoms with Gasteiger partial charge in [0.1, 0.15) is 5.75 Å². The van der Waals surface area contributed by atoms with Gasteiger partial charge in [0.15, 0.2) is 0 Å². The van der Waals surface area contributed by atoms with Gasteiger partial charge < -0.3 is 10.1 Å². The maximum atomic E-state index is 5.38. The SMILES string of the molecule is CCC1CN(Cc2cc(OC)cc(C)n2)C(C2CC2)CN1. The quantitative estimate of drug-likeness (QED) is 0.903. The van der Waals surface area contributed by atoms with Gasteiger partial charge in [-0.2, -0.15) is 0 Å². The average Bonchev–Trinajstić information content (AvgIpc) is 3.31. The molecule has 116 valence electrons. The number of nitrogens with zero attached hydrogens (tertiary/aromatic N) is 2. The van der Waals surface area contributed by atoms with Crippen LogP contribution in [0.5, 0.6) is 5.75 Å². The highest BCUT2D eigenvalue weighted by atomic mass is 16.5. The van der Waals surface area contributed by atoms with E-state index >= 15 is 0 Å². The highest BCUT2D eigenvalue weighted by Gasteiger charge is 2.38. The molecule has 21 heavy (non-hydrogen) atoms. The molecule has 0 aromatic carbocycles. The normalized spacial score (nSPS) is 26.8. The molecule has 1 saturated carbocycles. The molecule has 1 N–H and O–H groups in total. The number of hydrogen-bond donors (Lipinski definition) is 1. The van der Waals surface area contributed by atoms with E-state index in [1.165, 1.54) is 19.3 Å². The minimum Gasteiger partial charge on any atom is -0.497 e. The second-order valence-corrected chi connectivity index (χ2v) is 6.49. The first-order valence-electron chi connectivity index (χ1n) is 8.18. The Hall–Kier alpha value is -1.13. The lowest BCUT2D eigenvalue weighted by atomic mass is 10.0. The number of nitrogens with one attached hydrogen (secondary N) is 1. The molecule has 1 aliphatic carbocycles. The predicted molar refractivity (Wildman–Crippen MR) is 84.5 cm³/mol. The van der Waals surface area contributed by atoms with E-state index < -0.39 is 0 Å². The molecule has 0 amide bonds. The molecule has 2 fully saturated rings. The molecule has 1 aromatic rings. The third kappa shape index (κ3) is 3.55. The van der Waals surface area contributed by atoms with Gasteiger partial charge in [-0.25, -0.2) is 0 Å².